The van der Waals surface area contributed by atoms with E-state index in [-0.39, 0.29) is 12.8 Å². The maximum Gasteiger partial charge on any atom is 0.472 e. The minimum absolute atomic E-state index is 0.0675. The minimum Gasteiger partial charge on any atom is -0.462 e. The first-order valence-electron chi connectivity index (χ1n) is 21.7. The number of hydrogen-bond donors (Lipinski definition) is 6. The lowest BCUT2D eigenvalue weighted by Crippen LogP contribution is -2.64. The average Bonchev–Trinajstić information content (AvgIpc) is 3.21. The molecule has 0 heterocycles. The van der Waals surface area contributed by atoms with Crippen LogP contribution >= 0.6 is 7.82 Å². The Morgan fingerprint density at radius 3 is 1.51 bits per heavy atom. The molecule has 6 unspecified atom stereocenters. The van der Waals surface area contributed by atoms with Gasteiger partial charge >= 0.3 is 19.8 Å². The average molecular weight is 855 g/mol. The summed E-state index contributed by atoms with van der Waals surface area (Å²) >= 11 is 0. The van der Waals surface area contributed by atoms with Crippen molar-refractivity contribution in [2.75, 3.05) is 13.2 Å². The number of aliphatic hydroxyl groups excluding tert-OH is 5. The second-order valence-corrected chi connectivity index (χ2v) is 16.2. The Labute approximate surface area is 353 Å². The third-order valence-electron chi connectivity index (χ3n) is 9.53. The molecule has 0 aromatic heterocycles. The molecule has 6 N–H and O–H groups in total. The zero-order valence-corrected chi connectivity index (χ0v) is 36.4. The molecule has 0 aromatic rings. The van der Waals surface area contributed by atoms with Crippen LogP contribution in [0.3, 0.4) is 0 Å². The van der Waals surface area contributed by atoms with Crippen molar-refractivity contribution in [2.45, 2.75) is 185 Å². The van der Waals surface area contributed by atoms with Crippen LogP contribution in [0.25, 0.3) is 0 Å². The van der Waals surface area contributed by atoms with Gasteiger partial charge in [0.05, 0.1) is 6.61 Å². The van der Waals surface area contributed by atoms with E-state index in [1.165, 1.54) is 19.3 Å². The Bertz CT molecular complexity index is 1310. The van der Waals surface area contributed by atoms with E-state index in [2.05, 4.69) is 86.8 Å². The second-order valence-electron chi connectivity index (χ2n) is 14.8. The molecule has 1 aliphatic rings. The molecule has 1 saturated carbocycles. The summed E-state index contributed by atoms with van der Waals surface area (Å²) in [5, 5.41) is 50.1. The zero-order valence-electron chi connectivity index (χ0n) is 35.5. The lowest BCUT2D eigenvalue weighted by Gasteiger charge is -2.41. The molecule has 0 saturated heterocycles. The molecule has 8 atom stereocenters. The maximum atomic E-state index is 12.8. The third kappa shape index (κ3) is 27.7. The first kappa shape index (κ1) is 54.3. The molecule has 0 bridgehead atoms. The molecule has 1 rings (SSSR count). The number of aliphatic hydroxyl groups is 5. The van der Waals surface area contributed by atoms with Gasteiger partial charge in [-0.3, -0.25) is 18.6 Å². The molecular formula is C45H75O13P. The Balaban J connectivity index is 2.54. The van der Waals surface area contributed by atoms with E-state index in [9.17, 15) is 44.6 Å². The third-order valence-corrected chi connectivity index (χ3v) is 10.5. The lowest BCUT2D eigenvalue weighted by molar-refractivity contribution is -0.220. The number of phosphoric ester groups is 1. The molecular weight excluding hydrogens is 779 g/mol. The lowest BCUT2D eigenvalue weighted by atomic mass is 9.85. The van der Waals surface area contributed by atoms with Crippen LogP contribution in [-0.2, 0) is 32.7 Å². The molecule has 59 heavy (non-hydrogen) atoms. The highest BCUT2D eigenvalue weighted by molar-refractivity contribution is 7.47. The maximum absolute atomic E-state index is 12.8. The van der Waals surface area contributed by atoms with Crippen LogP contribution in [0.15, 0.2) is 72.9 Å². The molecule has 14 heteroatoms. The van der Waals surface area contributed by atoms with E-state index in [1.54, 1.807) is 0 Å². The monoisotopic (exact) mass is 854 g/mol. The summed E-state index contributed by atoms with van der Waals surface area (Å²) in [5.74, 6) is -1.17. The van der Waals surface area contributed by atoms with Crippen molar-refractivity contribution in [3.8, 4) is 0 Å². The topological polar surface area (TPSA) is 210 Å². The van der Waals surface area contributed by atoms with Crippen LogP contribution in [-0.4, -0.2) is 98.3 Å². The summed E-state index contributed by atoms with van der Waals surface area (Å²) < 4.78 is 33.4. The normalized spacial score (nSPS) is 23.1. The number of carbonyl (C=O) groups excluding carboxylic acids is 2. The fraction of sp³-hybridized carbons (Fsp3) is 0.689. The smallest absolute Gasteiger partial charge is 0.462 e. The number of unbranched alkanes of at least 4 members (excludes halogenated alkanes) is 10. The molecule has 0 spiro atoms. The van der Waals surface area contributed by atoms with Crippen LogP contribution in [0.4, 0.5) is 0 Å². The fourth-order valence-corrected chi connectivity index (χ4v) is 6.98. The van der Waals surface area contributed by atoms with E-state index >= 15 is 0 Å². The Morgan fingerprint density at radius 1 is 0.542 bits per heavy atom. The number of phosphoric acid groups is 1. The van der Waals surface area contributed by atoms with Gasteiger partial charge in [-0.25, -0.2) is 4.57 Å². The molecule has 0 aromatic carbocycles. The minimum atomic E-state index is -5.13. The molecule has 1 aliphatic carbocycles. The quantitative estimate of drug-likeness (QED) is 0.0157. The van der Waals surface area contributed by atoms with Gasteiger partial charge in [-0.15, -0.1) is 0 Å². The summed E-state index contributed by atoms with van der Waals surface area (Å²) in [6.07, 6.45) is 29.6. The number of carbonyl (C=O) groups is 2. The van der Waals surface area contributed by atoms with Crippen molar-refractivity contribution in [3.63, 3.8) is 0 Å². The first-order chi connectivity index (χ1) is 28.4. The predicted molar refractivity (Wildman–Crippen MR) is 230 cm³/mol. The Kier molecular flexibility index (Phi) is 32.2. The highest BCUT2D eigenvalue weighted by atomic mass is 31.2. The van der Waals surface area contributed by atoms with Crippen molar-refractivity contribution in [1.82, 2.24) is 0 Å². The van der Waals surface area contributed by atoms with E-state index in [0.29, 0.717) is 12.8 Å². The van der Waals surface area contributed by atoms with Gasteiger partial charge in [0.15, 0.2) is 6.10 Å². The fourth-order valence-electron chi connectivity index (χ4n) is 6.01. The first-order valence-corrected chi connectivity index (χ1v) is 23.2. The van der Waals surface area contributed by atoms with Gasteiger partial charge in [0.25, 0.3) is 0 Å². The van der Waals surface area contributed by atoms with E-state index in [1.807, 2.05) is 0 Å². The molecule has 0 aliphatic heterocycles. The van der Waals surface area contributed by atoms with Crippen molar-refractivity contribution in [1.29, 1.82) is 0 Å². The summed E-state index contributed by atoms with van der Waals surface area (Å²) in [7, 11) is -5.13. The van der Waals surface area contributed by atoms with Gasteiger partial charge in [-0.2, -0.15) is 0 Å². The summed E-state index contributed by atoms with van der Waals surface area (Å²) in [5.41, 5.74) is 0. The largest absolute Gasteiger partial charge is 0.472 e. The van der Waals surface area contributed by atoms with Crippen LogP contribution < -0.4 is 0 Å². The van der Waals surface area contributed by atoms with Gasteiger partial charge in [-0.1, -0.05) is 119 Å². The highest BCUT2D eigenvalue weighted by Crippen LogP contribution is 2.47. The van der Waals surface area contributed by atoms with Gasteiger partial charge < -0.3 is 39.9 Å². The van der Waals surface area contributed by atoms with Gasteiger partial charge in [0.2, 0.25) is 0 Å². The molecule has 13 nitrogen and oxygen atoms in total. The molecule has 1 fully saturated rings. The van der Waals surface area contributed by atoms with Crippen LogP contribution in [0.5, 0.6) is 0 Å². The second kappa shape index (κ2) is 34.9. The highest BCUT2D eigenvalue weighted by Gasteiger charge is 2.51. The number of esters is 2. The predicted octanol–water partition coefficient (Wildman–Crippen LogP) is 7.94. The van der Waals surface area contributed by atoms with Crippen LogP contribution in [0, 0.1) is 0 Å². The molecule has 0 amide bonds. The number of allylic oxidation sites excluding steroid dienone is 12. The van der Waals surface area contributed by atoms with Crippen LogP contribution in [0.1, 0.15) is 142 Å². The van der Waals surface area contributed by atoms with Crippen molar-refractivity contribution < 1.29 is 63.1 Å². The molecule has 338 valence electrons. The number of ether oxygens (including phenoxy) is 2. The standard InChI is InChI=1S/C45H75O13P/c1-3-5-7-9-11-13-15-17-19-21-23-25-27-29-31-33-38(46)55-35-37(36-56-59(53,54)58-45-43(51)41(49)40(48)42(50)44(45)52)57-39(47)34-32-30-28-26-24-22-20-18-16-14-12-10-8-6-4-2/h5,7,11-14,17-20,23,25,37,40-45,48-52H,3-4,6,8-10,15-16,21-22,24,26-36H2,1-2H3,(H,53,54)/b7-5+,13-11+,14-12+,19-17+,20-18+,25-23+/t37-,40?,41-,42?,43?,44?,45?/m1/s1. The van der Waals surface area contributed by atoms with Gasteiger partial charge in [0.1, 0.15) is 43.2 Å². The number of hydrogen-bond acceptors (Lipinski definition) is 12. The van der Waals surface area contributed by atoms with Crippen molar-refractivity contribution >= 4 is 19.8 Å². The summed E-state index contributed by atoms with van der Waals surface area (Å²) in [4.78, 5) is 35.6. The van der Waals surface area contributed by atoms with Gasteiger partial charge in [-0.05, 0) is 83.5 Å². The molecule has 0 radical (unpaired) electrons. The Morgan fingerprint density at radius 2 is 0.966 bits per heavy atom. The van der Waals surface area contributed by atoms with Gasteiger partial charge in [0, 0.05) is 12.8 Å². The summed E-state index contributed by atoms with van der Waals surface area (Å²) in [6, 6.07) is 0. The zero-order chi connectivity index (χ0) is 43.6. The SMILES string of the molecule is CC/C=C/C/C=C/C/C=C/C/C=C/CCCCC(=O)OC[C@H](COP(=O)(O)OC1C(O)C(O)C(O)[C@@H](O)C1O)OC(=O)CCCCCCC/C=C/C/C=C/CCCCC. The van der Waals surface area contributed by atoms with Crippen molar-refractivity contribution in [2.24, 2.45) is 0 Å². The van der Waals surface area contributed by atoms with E-state index < -0.39 is 75.7 Å². The summed E-state index contributed by atoms with van der Waals surface area (Å²) in [6.45, 7) is 3.08. The number of rotatable bonds is 34. The van der Waals surface area contributed by atoms with Crippen molar-refractivity contribution in [3.05, 3.63) is 72.9 Å². The van der Waals surface area contributed by atoms with Crippen LogP contribution in [0.2, 0.25) is 0 Å². The van der Waals surface area contributed by atoms with E-state index in [4.69, 9.17) is 18.5 Å². The Hall–Kier alpha value is -2.71. The van der Waals surface area contributed by atoms with E-state index in [0.717, 1.165) is 83.5 Å².